The van der Waals surface area contributed by atoms with Crippen molar-refractivity contribution in [3.05, 3.63) is 65.4 Å². The van der Waals surface area contributed by atoms with Crippen LogP contribution in [-0.4, -0.2) is 61.0 Å². The highest BCUT2D eigenvalue weighted by molar-refractivity contribution is 6.08. The number of nitrogens with zero attached hydrogens (tertiary/aromatic N) is 4. The summed E-state index contributed by atoms with van der Waals surface area (Å²) in [5.74, 6) is 0.639. The average Bonchev–Trinajstić information content (AvgIpc) is 2.82. The van der Waals surface area contributed by atoms with Crippen LogP contribution < -0.4 is 20.9 Å². The van der Waals surface area contributed by atoms with Crippen molar-refractivity contribution >= 4 is 34.7 Å². The van der Waals surface area contributed by atoms with Gasteiger partial charge in [-0.3, -0.25) is 4.79 Å². The Balaban J connectivity index is 1.46. The standard InChI is InChI=1S/C25H31N7O/c1-17-6-5-7-18(2)22(17)29-24(33)21-16-27-25(30-23(21)26-3)28-19-8-10-20(11-9-19)32-14-12-31(4)13-15-32/h5-11,16H,12-15H2,1-4H3,(H,29,33)(H2,26,27,28,30). The molecule has 33 heavy (non-hydrogen) atoms. The fraction of sp³-hybridized carbons (Fsp3) is 0.320. The first-order valence-electron chi connectivity index (χ1n) is 11.2. The Labute approximate surface area is 195 Å². The fourth-order valence-electron chi connectivity index (χ4n) is 3.94. The molecule has 1 saturated heterocycles. The number of anilines is 5. The maximum Gasteiger partial charge on any atom is 0.261 e. The van der Waals surface area contributed by atoms with Crippen LogP contribution in [0.3, 0.4) is 0 Å². The molecule has 1 aliphatic heterocycles. The van der Waals surface area contributed by atoms with Gasteiger partial charge in [-0.05, 0) is 56.3 Å². The first-order valence-corrected chi connectivity index (χ1v) is 11.2. The van der Waals surface area contributed by atoms with Crippen molar-refractivity contribution in [2.24, 2.45) is 0 Å². The zero-order valence-corrected chi connectivity index (χ0v) is 19.6. The lowest BCUT2D eigenvalue weighted by atomic mass is 10.1. The molecule has 3 aromatic rings. The van der Waals surface area contributed by atoms with Gasteiger partial charge in [0.2, 0.25) is 5.95 Å². The van der Waals surface area contributed by atoms with E-state index in [1.165, 1.54) is 5.69 Å². The van der Waals surface area contributed by atoms with Gasteiger partial charge >= 0.3 is 0 Å². The van der Waals surface area contributed by atoms with Gasteiger partial charge in [0, 0.05) is 56.5 Å². The van der Waals surface area contributed by atoms with Gasteiger partial charge in [0.05, 0.1) is 0 Å². The molecule has 0 radical (unpaired) electrons. The van der Waals surface area contributed by atoms with Crippen molar-refractivity contribution in [2.45, 2.75) is 13.8 Å². The molecule has 1 aromatic heterocycles. The second-order valence-corrected chi connectivity index (χ2v) is 8.39. The van der Waals surface area contributed by atoms with Crippen LogP contribution in [0.4, 0.5) is 28.8 Å². The van der Waals surface area contributed by atoms with Gasteiger partial charge in [0.25, 0.3) is 5.91 Å². The molecule has 172 valence electrons. The summed E-state index contributed by atoms with van der Waals surface area (Å²) in [5.41, 5.74) is 5.32. The summed E-state index contributed by atoms with van der Waals surface area (Å²) in [5, 5.41) is 9.23. The second kappa shape index (κ2) is 9.87. The maximum absolute atomic E-state index is 12.9. The molecule has 0 atom stereocenters. The lowest BCUT2D eigenvalue weighted by Crippen LogP contribution is -2.44. The van der Waals surface area contributed by atoms with Gasteiger partial charge in [-0.1, -0.05) is 18.2 Å². The number of aryl methyl sites for hydroxylation is 2. The number of hydrogen-bond acceptors (Lipinski definition) is 7. The molecule has 8 heteroatoms. The number of para-hydroxylation sites is 1. The van der Waals surface area contributed by atoms with Crippen LogP contribution in [0.15, 0.2) is 48.7 Å². The summed E-state index contributed by atoms with van der Waals surface area (Å²) in [7, 11) is 3.90. The van der Waals surface area contributed by atoms with Crippen molar-refractivity contribution in [2.75, 3.05) is 61.1 Å². The number of benzene rings is 2. The summed E-state index contributed by atoms with van der Waals surface area (Å²) in [6.07, 6.45) is 1.54. The highest BCUT2D eigenvalue weighted by atomic mass is 16.1. The molecule has 0 spiro atoms. The Kier molecular flexibility index (Phi) is 6.74. The Morgan fingerprint density at radius 3 is 2.27 bits per heavy atom. The predicted octanol–water partition coefficient (Wildman–Crippen LogP) is 3.88. The highest BCUT2D eigenvalue weighted by Gasteiger charge is 2.17. The van der Waals surface area contributed by atoms with Crippen LogP contribution in [0.1, 0.15) is 21.5 Å². The third-order valence-electron chi connectivity index (χ3n) is 5.98. The zero-order valence-electron chi connectivity index (χ0n) is 19.6. The molecule has 4 rings (SSSR count). The molecule has 0 saturated carbocycles. The number of hydrogen-bond donors (Lipinski definition) is 3. The monoisotopic (exact) mass is 445 g/mol. The molecular formula is C25H31N7O. The van der Waals surface area contributed by atoms with Crippen LogP contribution in [0.5, 0.6) is 0 Å². The number of rotatable bonds is 6. The van der Waals surface area contributed by atoms with Gasteiger partial charge in [0.1, 0.15) is 11.4 Å². The molecule has 0 aliphatic carbocycles. The summed E-state index contributed by atoms with van der Waals surface area (Å²) >= 11 is 0. The van der Waals surface area contributed by atoms with E-state index < -0.39 is 0 Å². The van der Waals surface area contributed by atoms with E-state index in [0.717, 1.165) is 48.7 Å². The normalized spacial score (nSPS) is 14.1. The Morgan fingerprint density at radius 2 is 1.64 bits per heavy atom. The first-order chi connectivity index (χ1) is 15.9. The SMILES string of the molecule is CNc1nc(Nc2ccc(N3CCN(C)CC3)cc2)ncc1C(=O)Nc1c(C)cccc1C. The molecule has 0 unspecified atom stereocenters. The minimum absolute atomic E-state index is 0.250. The Morgan fingerprint density at radius 1 is 0.970 bits per heavy atom. The van der Waals surface area contributed by atoms with Crippen molar-refractivity contribution < 1.29 is 4.79 Å². The van der Waals surface area contributed by atoms with Gasteiger partial charge in [0.15, 0.2) is 0 Å². The topological polar surface area (TPSA) is 85.4 Å². The minimum Gasteiger partial charge on any atom is -0.372 e. The minimum atomic E-state index is -0.250. The molecule has 2 heterocycles. The molecule has 1 aliphatic rings. The summed E-state index contributed by atoms with van der Waals surface area (Å²) < 4.78 is 0. The summed E-state index contributed by atoms with van der Waals surface area (Å²) in [6.45, 7) is 8.15. The average molecular weight is 446 g/mol. The van der Waals surface area contributed by atoms with Crippen molar-refractivity contribution in [1.82, 2.24) is 14.9 Å². The van der Waals surface area contributed by atoms with E-state index in [1.54, 1.807) is 13.2 Å². The third-order valence-corrected chi connectivity index (χ3v) is 5.98. The Hall–Kier alpha value is -3.65. The zero-order chi connectivity index (χ0) is 23.4. The van der Waals surface area contributed by atoms with Gasteiger partial charge in [-0.15, -0.1) is 0 Å². The molecule has 1 fully saturated rings. The van der Waals surface area contributed by atoms with E-state index in [1.807, 2.05) is 44.2 Å². The van der Waals surface area contributed by atoms with Crippen LogP contribution in [0.25, 0.3) is 0 Å². The van der Waals surface area contributed by atoms with E-state index >= 15 is 0 Å². The number of carbonyl (C=O) groups excluding carboxylic acids is 1. The predicted molar refractivity (Wildman–Crippen MR) is 135 cm³/mol. The number of likely N-dealkylation sites (N-methyl/N-ethyl adjacent to an activating group) is 1. The van der Waals surface area contributed by atoms with E-state index in [0.29, 0.717) is 17.3 Å². The van der Waals surface area contributed by atoms with Crippen molar-refractivity contribution in [1.29, 1.82) is 0 Å². The van der Waals surface area contributed by atoms with Gasteiger partial charge in [-0.25, -0.2) is 4.98 Å². The van der Waals surface area contributed by atoms with E-state index in [-0.39, 0.29) is 5.91 Å². The van der Waals surface area contributed by atoms with Crippen LogP contribution in [0.2, 0.25) is 0 Å². The number of aromatic nitrogens is 2. The largest absolute Gasteiger partial charge is 0.372 e. The maximum atomic E-state index is 12.9. The fourth-order valence-corrected chi connectivity index (χ4v) is 3.94. The molecule has 8 nitrogen and oxygen atoms in total. The number of nitrogens with one attached hydrogen (secondary N) is 3. The molecule has 0 bridgehead atoms. The summed E-state index contributed by atoms with van der Waals surface area (Å²) in [6, 6.07) is 14.2. The third kappa shape index (κ3) is 5.23. The molecular weight excluding hydrogens is 414 g/mol. The van der Waals surface area contributed by atoms with Gasteiger partial charge < -0.3 is 25.8 Å². The van der Waals surface area contributed by atoms with Gasteiger partial charge in [-0.2, -0.15) is 4.98 Å². The van der Waals surface area contributed by atoms with Crippen LogP contribution in [-0.2, 0) is 0 Å². The van der Waals surface area contributed by atoms with Crippen LogP contribution in [0, 0.1) is 13.8 Å². The van der Waals surface area contributed by atoms with Crippen molar-refractivity contribution in [3.63, 3.8) is 0 Å². The lowest BCUT2D eigenvalue weighted by molar-refractivity contribution is 0.102. The van der Waals surface area contributed by atoms with Crippen LogP contribution >= 0.6 is 0 Å². The smallest absolute Gasteiger partial charge is 0.261 e. The highest BCUT2D eigenvalue weighted by Crippen LogP contribution is 2.24. The quantitative estimate of drug-likeness (QED) is 0.531. The Bertz CT molecular complexity index is 1100. The second-order valence-electron chi connectivity index (χ2n) is 8.39. The number of carbonyl (C=O) groups is 1. The van der Waals surface area contributed by atoms with E-state index in [2.05, 4.69) is 54.9 Å². The first kappa shape index (κ1) is 22.5. The van der Waals surface area contributed by atoms with E-state index in [9.17, 15) is 4.79 Å². The molecule has 3 N–H and O–H groups in total. The molecule has 1 amide bonds. The number of amides is 1. The molecule has 2 aromatic carbocycles. The van der Waals surface area contributed by atoms with E-state index in [4.69, 9.17) is 0 Å². The summed E-state index contributed by atoms with van der Waals surface area (Å²) in [4.78, 5) is 26.5. The van der Waals surface area contributed by atoms with Crippen molar-refractivity contribution in [3.8, 4) is 0 Å². The lowest BCUT2D eigenvalue weighted by Gasteiger charge is -2.34. The number of piperazine rings is 1.